The highest BCUT2D eigenvalue weighted by molar-refractivity contribution is 6.30. The van der Waals surface area contributed by atoms with E-state index in [1.165, 1.54) is 38.3 Å². The Kier molecular flexibility index (Phi) is 3.96. The Morgan fingerprint density at radius 1 is 1.19 bits per heavy atom. The zero-order valence-electron chi connectivity index (χ0n) is 10.3. The molecule has 1 aliphatic heterocycles. The van der Waals surface area contributed by atoms with Crippen LogP contribution in [0.15, 0.2) is 18.3 Å². The minimum Gasteiger partial charge on any atom is -0.301 e. The van der Waals surface area contributed by atoms with E-state index >= 15 is 0 Å². The van der Waals surface area contributed by atoms with Crippen molar-refractivity contribution in [1.82, 2.24) is 14.8 Å². The summed E-state index contributed by atoms with van der Waals surface area (Å²) in [5, 5.41) is 0. The van der Waals surface area contributed by atoms with Gasteiger partial charge in [0, 0.05) is 38.9 Å². The van der Waals surface area contributed by atoms with Crippen LogP contribution in [0.4, 0.5) is 0 Å². The predicted molar refractivity (Wildman–Crippen MR) is 69.8 cm³/mol. The van der Waals surface area contributed by atoms with Crippen molar-refractivity contribution in [3.63, 3.8) is 0 Å². The number of piperazine rings is 1. The van der Waals surface area contributed by atoms with Gasteiger partial charge in [-0.25, -0.2) is 0 Å². The van der Waals surface area contributed by atoms with E-state index in [0.29, 0.717) is 0 Å². The Balaban J connectivity index is 1.84. The van der Waals surface area contributed by atoms with Crippen LogP contribution >= 0.6 is 0 Å². The first kappa shape index (κ1) is 11.6. The topological polar surface area (TPSA) is 19.4 Å². The van der Waals surface area contributed by atoms with Crippen LogP contribution in [-0.2, 0) is 6.54 Å². The Labute approximate surface area is 98.9 Å². The zero-order valence-corrected chi connectivity index (χ0v) is 10.3. The Bertz CT molecular complexity index is 318. The molecule has 0 N–H and O–H groups in total. The second kappa shape index (κ2) is 5.46. The molecule has 2 heterocycles. The van der Waals surface area contributed by atoms with Crippen molar-refractivity contribution in [3.05, 3.63) is 23.9 Å². The van der Waals surface area contributed by atoms with Crippen LogP contribution in [-0.4, -0.2) is 55.4 Å². The molecule has 0 spiro atoms. The molecule has 3 nitrogen and oxygen atoms in total. The largest absolute Gasteiger partial charge is 0.301 e. The van der Waals surface area contributed by atoms with Gasteiger partial charge in [0.1, 0.15) is 0 Å². The second-order valence-corrected chi connectivity index (χ2v) is 4.52. The third kappa shape index (κ3) is 3.06. The maximum Gasteiger partial charge on any atom is 0.163 e. The lowest BCUT2D eigenvalue weighted by molar-refractivity contribution is 0.132. The smallest absolute Gasteiger partial charge is 0.163 e. The lowest BCUT2D eigenvalue weighted by atomic mass is 10.0. The summed E-state index contributed by atoms with van der Waals surface area (Å²) in [7, 11) is 2.03. The van der Waals surface area contributed by atoms with E-state index in [1.807, 2.05) is 14.0 Å². The fourth-order valence-corrected chi connectivity index (χ4v) is 2.11. The fourth-order valence-electron chi connectivity index (χ4n) is 2.11. The average molecular weight is 217 g/mol. The molecule has 0 bridgehead atoms. The van der Waals surface area contributed by atoms with Crippen molar-refractivity contribution >= 4 is 13.4 Å². The summed E-state index contributed by atoms with van der Waals surface area (Å²) in [6.07, 6.45) is 2.00. The van der Waals surface area contributed by atoms with E-state index < -0.39 is 0 Å². The summed E-state index contributed by atoms with van der Waals surface area (Å²) in [6, 6.07) is 4.28. The maximum absolute atomic E-state index is 4.34. The van der Waals surface area contributed by atoms with Gasteiger partial charge in [-0.1, -0.05) is 19.1 Å². The first-order valence-electron chi connectivity index (χ1n) is 6.14. The minimum atomic E-state index is 1.05. The van der Waals surface area contributed by atoms with Gasteiger partial charge >= 0.3 is 0 Å². The molecular weight excluding hydrogens is 197 g/mol. The number of hydrogen-bond acceptors (Lipinski definition) is 3. The van der Waals surface area contributed by atoms with Crippen molar-refractivity contribution < 1.29 is 0 Å². The van der Waals surface area contributed by atoms with Crippen LogP contribution in [0.3, 0.4) is 0 Å². The van der Waals surface area contributed by atoms with E-state index in [4.69, 9.17) is 0 Å². The highest BCUT2D eigenvalue weighted by Gasteiger charge is 2.15. The molecule has 0 radical (unpaired) electrons. The molecule has 0 amide bonds. The van der Waals surface area contributed by atoms with Gasteiger partial charge in [0.15, 0.2) is 7.85 Å². The molecular formula is C12H20BN3. The van der Waals surface area contributed by atoms with Crippen molar-refractivity contribution in [2.45, 2.75) is 13.5 Å². The van der Waals surface area contributed by atoms with Gasteiger partial charge in [0.25, 0.3) is 0 Å². The summed E-state index contributed by atoms with van der Waals surface area (Å²) in [5.74, 6) is 0. The summed E-state index contributed by atoms with van der Waals surface area (Å²) < 4.78 is 0. The van der Waals surface area contributed by atoms with E-state index in [2.05, 4.69) is 33.8 Å². The second-order valence-electron chi connectivity index (χ2n) is 4.52. The zero-order chi connectivity index (χ0) is 11.4. The summed E-state index contributed by atoms with van der Waals surface area (Å²) >= 11 is 0. The quantitative estimate of drug-likeness (QED) is 0.635. The number of pyridine rings is 1. The maximum atomic E-state index is 4.34. The molecule has 16 heavy (non-hydrogen) atoms. The third-order valence-corrected chi connectivity index (χ3v) is 3.29. The van der Waals surface area contributed by atoms with Crippen molar-refractivity contribution in [1.29, 1.82) is 0 Å². The van der Waals surface area contributed by atoms with Crippen LogP contribution in [0.25, 0.3) is 0 Å². The molecule has 0 aliphatic carbocycles. The van der Waals surface area contributed by atoms with Gasteiger partial charge in [-0.05, 0) is 17.7 Å². The molecule has 1 aromatic rings. The van der Waals surface area contributed by atoms with Gasteiger partial charge in [-0.15, -0.1) is 0 Å². The third-order valence-electron chi connectivity index (χ3n) is 3.29. The van der Waals surface area contributed by atoms with E-state index in [1.54, 1.807) is 0 Å². The average Bonchev–Trinajstić information content (AvgIpc) is 2.33. The molecule has 1 saturated heterocycles. The lowest BCUT2D eigenvalue weighted by Crippen LogP contribution is -2.45. The van der Waals surface area contributed by atoms with Gasteiger partial charge in [0.05, 0.1) is 0 Å². The molecule has 2 rings (SSSR count). The number of aromatic nitrogens is 1. The van der Waals surface area contributed by atoms with E-state index in [0.717, 1.165) is 12.1 Å². The molecule has 1 aliphatic rings. The van der Waals surface area contributed by atoms with Crippen molar-refractivity contribution in [2.75, 3.05) is 32.7 Å². The van der Waals surface area contributed by atoms with Crippen LogP contribution in [0.5, 0.6) is 0 Å². The molecule has 4 heteroatoms. The molecule has 0 atom stereocenters. The molecule has 86 valence electrons. The number of likely N-dealkylation sites (N-methyl/N-ethyl adjacent to an activating group) is 1. The van der Waals surface area contributed by atoms with Crippen LogP contribution in [0.1, 0.15) is 12.5 Å². The lowest BCUT2D eigenvalue weighted by Gasteiger charge is -2.33. The predicted octanol–water partition coefficient (Wildman–Crippen LogP) is -0.522. The van der Waals surface area contributed by atoms with Crippen LogP contribution in [0.2, 0.25) is 0 Å². The van der Waals surface area contributed by atoms with E-state index in [9.17, 15) is 0 Å². The van der Waals surface area contributed by atoms with Crippen molar-refractivity contribution in [2.24, 2.45) is 0 Å². The first-order valence-corrected chi connectivity index (χ1v) is 6.14. The number of rotatable bonds is 3. The SMILES string of the molecule is Bc1ccc(CN2CCN(CC)CC2)cn1. The fraction of sp³-hybridized carbons (Fsp3) is 0.583. The Hall–Kier alpha value is -0.865. The first-order chi connectivity index (χ1) is 7.78. The van der Waals surface area contributed by atoms with Gasteiger partial charge in [0.2, 0.25) is 0 Å². The standard InChI is InChI=1S/C12H20BN3/c1-2-15-5-7-16(8-6-15)10-11-3-4-12(13)14-9-11/h3-4,9H,2,5-8,10,13H2,1H3. The highest BCUT2D eigenvalue weighted by atomic mass is 15.3. The summed E-state index contributed by atoms with van der Waals surface area (Å²) in [6.45, 7) is 9.24. The Morgan fingerprint density at radius 3 is 2.44 bits per heavy atom. The summed E-state index contributed by atoms with van der Waals surface area (Å²) in [4.78, 5) is 9.35. The molecule has 1 aromatic heterocycles. The van der Waals surface area contributed by atoms with Gasteiger partial charge in [-0.3, -0.25) is 9.88 Å². The van der Waals surface area contributed by atoms with E-state index in [-0.39, 0.29) is 0 Å². The minimum absolute atomic E-state index is 1.05. The highest BCUT2D eigenvalue weighted by Crippen LogP contribution is 2.06. The monoisotopic (exact) mass is 217 g/mol. The normalized spacial score (nSPS) is 18.8. The number of nitrogens with zero attached hydrogens (tertiary/aromatic N) is 3. The van der Waals surface area contributed by atoms with Crippen LogP contribution in [0, 0.1) is 0 Å². The summed E-state index contributed by atoms with van der Waals surface area (Å²) in [5.41, 5.74) is 2.43. The molecule has 1 fully saturated rings. The van der Waals surface area contributed by atoms with Gasteiger partial charge in [-0.2, -0.15) is 0 Å². The molecule has 0 unspecified atom stereocenters. The molecule has 0 saturated carbocycles. The van der Waals surface area contributed by atoms with Crippen LogP contribution < -0.4 is 5.59 Å². The Morgan fingerprint density at radius 2 is 1.88 bits per heavy atom. The number of hydrogen-bond donors (Lipinski definition) is 0. The molecule has 0 aromatic carbocycles. The van der Waals surface area contributed by atoms with Crippen molar-refractivity contribution in [3.8, 4) is 0 Å². The van der Waals surface area contributed by atoms with Gasteiger partial charge < -0.3 is 4.90 Å².